The molecule has 1 N–H and O–H groups in total. The van der Waals surface area contributed by atoms with Crippen LogP contribution < -0.4 is 5.32 Å². The Bertz CT molecular complexity index is 837. The molecule has 0 aromatic heterocycles. The Morgan fingerprint density at radius 2 is 1.76 bits per heavy atom. The molecule has 0 radical (unpaired) electrons. The Balaban J connectivity index is 2.29. The maximum absolute atomic E-state index is 13.3. The summed E-state index contributed by atoms with van der Waals surface area (Å²) in [7, 11) is 0. The van der Waals surface area contributed by atoms with E-state index in [4.69, 9.17) is 23.2 Å². The van der Waals surface area contributed by atoms with Crippen molar-refractivity contribution in [2.75, 3.05) is 6.54 Å². The zero-order chi connectivity index (χ0) is 21.4. The van der Waals surface area contributed by atoms with Crippen LogP contribution in [0.5, 0.6) is 0 Å². The summed E-state index contributed by atoms with van der Waals surface area (Å²) in [6.07, 6.45) is 1.48. The van der Waals surface area contributed by atoms with Gasteiger partial charge >= 0.3 is 0 Å². The molecule has 0 bridgehead atoms. The molecule has 4 nitrogen and oxygen atoms in total. The minimum Gasteiger partial charge on any atom is -0.354 e. The summed E-state index contributed by atoms with van der Waals surface area (Å²) in [6, 6.07) is 12.5. The largest absolute Gasteiger partial charge is 0.354 e. The molecule has 2 aromatic rings. The van der Waals surface area contributed by atoms with Crippen LogP contribution in [0.3, 0.4) is 0 Å². The van der Waals surface area contributed by atoms with Gasteiger partial charge in [0, 0.05) is 23.1 Å². The Hall–Kier alpha value is -2.04. The fourth-order valence-corrected chi connectivity index (χ4v) is 3.58. The van der Waals surface area contributed by atoms with Crippen LogP contribution in [0, 0.1) is 6.92 Å². The molecule has 0 fully saturated rings. The van der Waals surface area contributed by atoms with Crippen molar-refractivity contribution in [1.29, 1.82) is 0 Å². The van der Waals surface area contributed by atoms with E-state index in [0.29, 0.717) is 35.1 Å². The lowest BCUT2D eigenvalue weighted by Crippen LogP contribution is -2.49. The third-order valence-electron chi connectivity index (χ3n) is 4.77. The molecular weight excluding hydrogens is 407 g/mol. The molecule has 2 amide bonds. The maximum atomic E-state index is 13.3. The van der Waals surface area contributed by atoms with Gasteiger partial charge in [0.05, 0.1) is 6.42 Å². The van der Waals surface area contributed by atoms with Crippen molar-refractivity contribution >= 4 is 35.0 Å². The fourth-order valence-electron chi connectivity index (χ4n) is 3.11. The van der Waals surface area contributed by atoms with Gasteiger partial charge in [-0.2, -0.15) is 0 Å². The lowest BCUT2D eigenvalue weighted by atomic mass is 10.1. The molecule has 0 spiro atoms. The van der Waals surface area contributed by atoms with Gasteiger partial charge in [0.25, 0.3) is 0 Å². The molecule has 1 atom stereocenters. The van der Waals surface area contributed by atoms with Crippen molar-refractivity contribution in [2.45, 2.75) is 52.6 Å². The summed E-state index contributed by atoms with van der Waals surface area (Å²) in [5, 5.41) is 3.89. The monoisotopic (exact) mass is 434 g/mol. The Morgan fingerprint density at radius 3 is 2.34 bits per heavy atom. The summed E-state index contributed by atoms with van der Waals surface area (Å²) >= 11 is 12.2. The van der Waals surface area contributed by atoms with Gasteiger partial charge in [0.2, 0.25) is 11.8 Å². The first-order valence-electron chi connectivity index (χ1n) is 9.92. The van der Waals surface area contributed by atoms with E-state index in [1.165, 1.54) is 0 Å². The van der Waals surface area contributed by atoms with Crippen LogP contribution in [0.25, 0.3) is 0 Å². The zero-order valence-electron chi connectivity index (χ0n) is 17.2. The van der Waals surface area contributed by atoms with Crippen molar-refractivity contribution < 1.29 is 9.59 Å². The number of hydrogen-bond acceptors (Lipinski definition) is 2. The smallest absolute Gasteiger partial charge is 0.242 e. The number of nitrogens with one attached hydrogen (secondary N) is 1. The number of carbonyl (C=O) groups is 2. The summed E-state index contributed by atoms with van der Waals surface area (Å²) < 4.78 is 0. The number of nitrogens with zero attached hydrogens (tertiary/aromatic N) is 1. The first-order chi connectivity index (χ1) is 13.8. The molecule has 2 aromatic carbocycles. The minimum absolute atomic E-state index is 0.111. The van der Waals surface area contributed by atoms with Gasteiger partial charge in [-0.15, -0.1) is 0 Å². The van der Waals surface area contributed by atoms with Gasteiger partial charge in [0.15, 0.2) is 0 Å². The molecule has 1 unspecified atom stereocenters. The van der Waals surface area contributed by atoms with Gasteiger partial charge in [-0.3, -0.25) is 9.59 Å². The molecule has 0 saturated carbocycles. The van der Waals surface area contributed by atoms with E-state index in [-0.39, 0.29) is 18.2 Å². The second kappa shape index (κ2) is 11.2. The number of amides is 2. The molecule has 29 heavy (non-hydrogen) atoms. The Morgan fingerprint density at radius 1 is 1.07 bits per heavy atom. The predicted molar refractivity (Wildman–Crippen MR) is 119 cm³/mol. The number of rotatable bonds is 9. The second-order valence-electron chi connectivity index (χ2n) is 7.13. The van der Waals surface area contributed by atoms with Crippen molar-refractivity contribution in [3.05, 3.63) is 69.2 Å². The molecule has 156 valence electrons. The normalized spacial score (nSPS) is 11.8. The third-order valence-corrected chi connectivity index (χ3v) is 5.35. The number of carbonyl (C=O) groups excluding carboxylic acids is 2. The highest BCUT2D eigenvalue weighted by Gasteiger charge is 2.28. The van der Waals surface area contributed by atoms with Gasteiger partial charge in [0.1, 0.15) is 6.04 Å². The maximum Gasteiger partial charge on any atom is 0.242 e. The van der Waals surface area contributed by atoms with Gasteiger partial charge in [-0.1, -0.05) is 72.9 Å². The molecule has 0 aliphatic carbocycles. The quantitative estimate of drug-likeness (QED) is 0.590. The van der Waals surface area contributed by atoms with Gasteiger partial charge < -0.3 is 10.2 Å². The standard InChI is InChI=1S/C23H28Cl2N2O2/c1-4-12-26-23(29)21(5-2)27(15-17-8-6-16(3)7-9-17)22(28)13-18-10-11-19(24)14-20(18)25/h6-11,14,21H,4-5,12-13,15H2,1-3H3,(H,26,29). The highest BCUT2D eigenvalue weighted by Crippen LogP contribution is 2.23. The summed E-state index contributed by atoms with van der Waals surface area (Å²) in [6.45, 7) is 6.88. The van der Waals surface area contributed by atoms with Crippen LogP contribution in [0.2, 0.25) is 10.0 Å². The van der Waals surface area contributed by atoms with Crippen LogP contribution in [0.1, 0.15) is 43.4 Å². The minimum atomic E-state index is -0.540. The van der Waals surface area contributed by atoms with Gasteiger partial charge in [-0.05, 0) is 43.0 Å². The highest BCUT2D eigenvalue weighted by molar-refractivity contribution is 6.35. The van der Waals surface area contributed by atoms with E-state index in [9.17, 15) is 9.59 Å². The zero-order valence-corrected chi connectivity index (χ0v) is 18.7. The van der Waals surface area contributed by atoms with Crippen molar-refractivity contribution in [2.24, 2.45) is 0 Å². The van der Waals surface area contributed by atoms with E-state index in [0.717, 1.165) is 17.5 Å². The molecule has 0 heterocycles. The summed E-state index contributed by atoms with van der Waals surface area (Å²) in [5.74, 6) is -0.273. The number of hydrogen-bond donors (Lipinski definition) is 1. The van der Waals surface area contributed by atoms with E-state index < -0.39 is 6.04 Å². The average molecular weight is 435 g/mol. The van der Waals surface area contributed by atoms with Crippen molar-refractivity contribution in [3.63, 3.8) is 0 Å². The number of halogens is 2. The van der Waals surface area contributed by atoms with E-state index in [2.05, 4.69) is 5.32 Å². The van der Waals surface area contributed by atoms with Crippen LogP contribution >= 0.6 is 23.2 Å². The fraction of sp³-hybridized carbons (Fsp3) is 0.391. The highest BCUT2D eigenvalue weighted by atomic mass is 35.5. The topological polar surface area (TPSA) is 49.4 Å². The Kier molecular flexibility index (Phi) is 8.99. The summed E-state index contributed by atoms with van der Waals surface area (Å²) in [4.78, 5) is 27.6. The molecular formula is C23H28Cl2N2O2. The van der Waals surface area contributed by atoms with Crippen molar-refractivity contribution in [1.82, 2.24) is 10.2 Å². The number of aryl methyl sites for hydroxylation is 1. The second-order valence-corrected chi connectivity index (χ2v) is 7.98. The summed E-state index contributed by atoms with van der Waals surface area (Å²) in [5.41, 5.74) is 2.82. The lowest BCUT2D eigenvalue weighted by molar-refractivity contribution is -0.140. The van der Waals surface area contributed by atoms with Crippen LogP contribution in [-0.2, 0) is 22.6 Å². The van der Waals surface area contributed by atoms with Gasteiger partial charge in [-0.25, -0.2) is 0 Å². The molecule has 0 aliphatic heterocycles. The lowest BCUT2D eigenvalue weighted by Gasteiger charge is -2.31. The first-order valence-corrected chi connectivity index (χ1v) is 10.7. The van der Waals surface area contributed by atoms with E-state index >= 15 is 0 Å². The first kappa shape index (κ1) is 23.2. The Labute approximate surface area is 183 Å². The SMILES string of the molecule is CCCNC(=O)C(CC)N(Cc1ccc(C)cc1)C(=O)Cc1ccc(Cl)cc1Cl. The molecule has 2 rings (SSSR count). The molecule has 6 heteroatoms. The molecule has 0 aliphatic rings. The predicted octanol–water partition coefficient (Wildman–Crippen LogP) is 5.18. The van der Waals surface area contributed by atoms with Crippen LogP contribution in [0.4, 0.5) is 0 Å². The van der Waals surface area contributed by atoms with E-state index in [1.807, 2.05) is 45.0 Å². The third kappa shape index (κ3) is 6.76. The van der Waals surface area contributed by atoms with Crippen LogP contribution in [-0.4, -0.2) is 29.3 Å². The number of benzene rings is 2. The molecule has 0 saturated heterocycles. The van der Waals surface area contributed by atoms with Crippen LogP contribution in [0.15, 0.2) is 42.5 Å². The average Bonchev–Trinajstić information content (AvgIpc) is 2.69. The van der Waals surface area contributed by atoms with E-state index in [1.54, 1.807) is 23.1 Å². The van der Waals surface area contributed by atoms with Crippen molar-refractivity contribution in [3.8, 4) is 0 Å².